The zero-order valence-electron chi connectivity index (χ0n) is 13.3. The van der Waals surface area contributed by atoms with Gasteiger partial charge in [-0.3, -0.25) is 4.79 Å². The van der Waals surface area contributed by atoms with Gasteiger partial charge in [-0.05, 0) is 36.6 Å². The van der Waals surface area contributed by atoms with Gasteiger partial charge in [0.2, 0.25) is 10.0 Å². The molecule has 0 unspecified atom stereocenters. The summed E-state index contributed by atoms with van der Waals surface area (Å²) in [5.74, 6) is 0.515. The molecule has 0 bridgehead atoms. The number of rotatable bonds is 6. The molecule has 3 rings (SSSR count). The first-order valence-electron chi connectivity index (χ1n) is 7.40. The average molecular weight is 413 g/mol. The third kappa shape index (κ3) is 3.18. The minimum atomic E-state index is -3.34. The molecule has 1 aromatic heterocycles. The zero-order chi connectivity index (χ0) is 17.5. The van der Waals surface area contributed by atoms with Crippen molar-refractivity contribution in [3.63, 3.8) is 0 Å². The van der Waals surface area contributed by atoms with Crippen LogP contribution in [0.4, 0.5) is 0 Å². The standard InChI is InChI=1S/C16H17BrN2O4S/c1-19(24(2,21)22)10-11-9-12(17)3-4-13(11)15(20)16(6-7-16)14-5-8-18-23-14/h3-5,8-9H,6-7,10H2,1-2H3. The Morgan fingerprint density at radius 1 is 1.38 bits per heavy atom. The summed E-state index contributed by atoms with van der Waals surface area (Å²) in [5, 5.41) is 3.70. The molecule has 0 N–H and O–H groups in total. The van der Waals surface area contributed by atoms with Gasteiger partial charge in [0.15, 0.2) is 11.5 Å². The first-order valence-corrected chi connectivity index (χ1v) is 10.0. The van der Waals surface area contributed by atoms with Gasteiger partial charge in [0.1, 0.15) is 0 Å². The molecule has 1 fully saturated rings. The van der Waals surface area contributed by atoms with Crippen LogP contribution in [0.5, 0.6) is 0 Å². The second-order valence-electron chi connectivity index (χ2n) is 6.11. The largest absolute Gasteiger partial charge is 0.360 e. The highest BCUT2D eigenvalue weighted by molar-refractivity contribution is 9.10. The van der Waals surface area contributed by atoms with Gasteiger partial charge in [0.25, 0.3) is 0 Å². The molecule has 24 heavy (non-hydrogen) atoms. The normalized spacial score (nSPS) is 16.3. The molecular weight excluding hydrogens is 396 g/mol. The van der Waals surface area contributed by atoms with Crippen molar-refractivity contribution in [3.05, 3.63) is 51.8 Å². The molecule has 0 saturated heterocycles. The smallest absolute Gasteiger partial charge is 0.211 e. The Balaban J connectivity index is 1.98. The van der Waals surface area contributed by atoms with Gasteiger partial charge in [-0.1, -0.05) is 21.1 Å². The second kappa shape index (κ2) is 6.09. The molecular formula is C16H17BrN2O4S. The van der Waals surface area contributed by atoms with Gasteiger partial charge in [0.05, 0.1) is 17.9 Å². The first-order chi connectivity index (χ1) is 11.2. The van der Waals surface area contributed by atoms with Crippen LogP contribution in [-0.2, 0) is 22.0 Å². The number of nitrogens with zero attached hydrogens (tertiary/aromatic N) is 2. The van der Waals surface area contributed by atoms with E-state index in [0.29, 0.717) is 29.7 Å². The van der Waals surface area contributed by atoms with E-state index in [1.54, 1.807) is 24.3 Å². The number of benzene rings is 1. The van der Waals surface area contributed by atoms with Crippen molar-refractivity contribution in [3.8, 4) is 0 Å². The fourth-order valence-electron chi connectivity index (χ4n) is 2.70. The fraction of sp³-hybridized carbons (Fsp3) is 0.375. The van der Waals surface area contributed by atoms with Crippen molar-refractivity contribution in [2.75, 3.05) is 13.3 Å². The van der Waals surface area contributed by atoms with E-state index >= 15 is 0 Å². The molecule has 0 radical (unpaired) electrons. The van der Waals surface area contributed by atoms with E-state index in [0.717, 1.165) is 10.7 Å². The number of Topliss-reactive ketones (excluding diaryl/α,β-unsaturated/α-hetero) is 1. The molecule has 1 saturated carbocycles. The summed E-state index contributed by atoms with van der Waals surface area (Å²) in [5.41, 5.74) is 0.513. The van der Waals surface area contributed by atoms with E-state index in [1.807, 2.05) is 0 Å². The number of aromatic nitrogens is 1. The Morgan fingerprint density at radius 2 is 2.08 bits per heavy atom. The van der Waals surface area contributed by atoms with Crippen molar-refractivity contribution in [1.82, 2.24) is 9.46 Å². The minimum absolute atomic E-state index is 0.0522. The minimum Gasteiger partial charge on any atom is -0.360 e. The fourth-order valence-corrected chi connectivity index (χ4v) is 3.48. The van der Waals surface area contributed by atoms with Gasteiger partial charge in [0, 0.05) is 29.7 Å². The lowest BCUT2D eigenvalue weighted by Gasteiger charge is -2.19. The van der Waals surface area contributed by atoms with Crippen molar-refractivity contribution in [2.45, 2.75) is 24.8 Å². The number of carbonyl (C=O) groups excluding carboxylic acids is 1. The molecule has 1 aromatic carbocycles. The maximum Gasteiger partial charge on any atom is 0.211 e. The molecule has 0 amide bonds. The van der Waals surface area contributed by atoms with Crippen LogP contribution in [0.3, 0.4) is 0 Å². The molecule has 8 heteroatoms. The second-order valence-corrected chi connectivity index (χ2v) is 9.11. The Hall–Kier alpha value is -1.51. The molecule has 128 valence electrons. The van der Waals surface area contributed by atoms with E-state index < -0.39 is 15.4 Å². The van der Waals surface area contributed by atoms with Crippen LogP contribution in [0.15, 0.2) is 39.5 Å². The van der Waals surface area contributed by atoms with E-state index in [-0.39, 0.29) is 12.3 Å². The Morgan fingerprint density at radius 3 is 2.62 bits per heavy atom. The van der Waals surface area contributed by atoms with E-state index in [4.69, 9.17) is 4.52 Å². The average Bonchev–Trinajstić information content (AvgIpc) is 3.12. The lowest BCUT2D eigenvalue weighted by molar-refractivity contribution is 0.0929. The monoisotopic (exact) mass is 412 g/mol. The maximum absolute atomic E-state index is 13.1. The highest BCUT2D eigenvalue weighted by Crippen LogP contribution is 2.50. The number of sulfonamides is 1. The predicted molar refractivity (Wildman–Crippen MR) is 92.2 cm³/mol. The highest BCUT2D eigenvalue weighted by Gasteiger charge is 2.54. The van der Waals surface area contributed by atoms with Crippen LogP contribution in [0.25, 0.3) is 0 Å². The number of hydrogen-bond acceptors (Lipinski definition) is 5. The number of ketones is 1. The van der Waals surface area contributed by atoms with Gasteiger partial charge < -0.3 is 4.52 Å². The molecule has 0 spiro atoms. The van der Waals surface area contributed by atoms with E-state index in [1.165, 1.54) is 17.5 Å². The van der Waals surface area contributed by atoms with Crippen LogP contribution in [0.1, 0.15) is 34.5 Å². The number of hydrogen-bond donors (Lipinski definition) is 0. The summed E-state index contributed by atoms with van der Waals surface area (Å²) in [7, 11) is -1.85. The van der Waals surface area contributed by atoms with Crippen LogP contribution in [-0.4, -0.2) is 37.0 Å². The lowest BCUT2D eigenvalue weighted by atomic mass is 9.89. The quantitative estimate of drug-likeness (QED) is 0.681. The van der Waals surface area contributed by atoms with Crippen LogP contribution < -0.4 is 0 Å². The summed E-state index contributed by atoms with van der Waals surface area (Å²) in [6.07, 6.45) is 4.09. The Bertz CT molecular complexity index is 873. The van der Waals surface area contributed by atoms with Crippen molar-refractivity contribution in [2.24, 2.45) is 0 Å². The topological polar surface area (TPSA) is 80.5 Å². The van der Waals surface area contributed by atoms with E-state index in [2.05, 4.69) is 21.1 Å². The third-order valence-electron chi connectivity index (χ3n) is 4.37. The summed E-state index contributed by atoms with van der Waals surface area (Å²) >= 11 is 3.38. The van der Waals surface area contributed by atoms with Gasteiger partial charge >= 0.3 is 0 Å². The predicted octanol–water partition coefficient (Wildman–Crippen LogP) is 2.74. The van der Waals surface area contributed by atoms with E-state index in [9.17, 15) is 13.2 Å². The van der Waals surface area contributed by atoms with Crippen molar-refractivity contribution < 1.29 is 17.7 Å². The van der Waals surface area contributed by atoms with Gasteiger partial charge in [-0.15, -0.1) is 0 Å². The summed E-state index contributed by atoms with van der Waals surface area (Å²) < 4.78 is 30.6. The maximum atomic E-state index is 13.1. The van der Waals surface area contributed by atoms with Crippen LogP contribution >= 0.6 is 15.9 Å². The number of halogens is 1. The molecule has 6 nitrogen and oxygen atoms in total. The zero-order valence-corrected chi connectivity index (χ0v) is 15.7. The molecule has 1 heterocycles. The SMILES string of the molecule is CN(Cc1cc(Br)ccc1C(=O)C1(c2ccno2)CC1)S(C)(=O)=O. The van der Waals surface area contributed by atoms with Crippen LogP contribution in [0.2, 0.25) is 0 Å². The third-order valence-corrected chi connectivity index (χ3v) is 6.12. The Labute approximate surface area is 149 Å². The van der Waals surface area contributed by atoms with Crippen molar-refractivity contribution >= 4 is 31.7 Å². The molecule has 0 aliphatic heterocycles. The van der Waals surface area contributed by atoms with Crippen LogP contribution in [0, 0.1) is 0 Å². The first kappa shape index (κ1) is 17.3. The summed E-state index contributed by atoms with van der Waals surface area (Å²) in [6, 6.07) is 7.01. The van der Waals surface area contributed by atoms with Gasteiger partial charge in [-0.2, -0.15) is 0 Å². The number of carbonyl (C=O) groups is 1. The summed E-state index contributed by atoms with van der Waals surface area (Å²) in [4.78, 5) is 13.1. The summed E-state index contributed by atoms with van der Waals surface area (Å²) in [6.45, 7) is 0.131. The van der Waals surface area contributed by atoms with Gasteiger partial charge in [-0.25, -0.2) is 12.7 Å². The molecule has 2 aromatic rings. The van der Waals surface area contributed by atoms with Crippen molar-refractivity contribution in [1.29, 1.82) is 0 Å². The highest BCUT2D eigenvalue weighted by atomic mass is 79.9. The molecule has 0 atom stereocenters. The molecule has 1 aliphatic carbocycles. The molecule has 1 aliphatic rings. The lowest BCUT2D eigenvalue weighted by Crippen LogP contribution is -2.27. The Kier molecular flexibility index (Phi) is 4.39.